The Morgan fingerprint density at radius 2 is 2.25 bits per heavy atom. The number of ether oxygens (including phenoxy) is 1. The first kappa shape index (κ1) is 10.5. The maximum atomic E-state index is 11.5. The van der Waals surface area contributed by atoms with Gasteiger partial charge in [-0.3, -0.25) is 4.79 Å². The zero-order valence-corrected chi connectivity index (χ0v) is 9.11. The van der Waals surface area contributed by atoms with Gasteiger partial charge < -0.3 is 15.0 Å². The third kappa shape index (κ3) is 1.60. The third-order valence-electron chi connectivity index (χ3n) is 2.58. The van der Waals surface area contributed by atoms with Crippen LogP contribution in [0.4, 0.5) is 11.4 Å². The van der Waals surface area contributed by atoms with E-state index in [0.717, 1.165) is 5.69 Å². The van der Waals surface area contributed by atoms with E-state index in [-0.39, 0.29) is 12.5 Å². The Kier molecular flexibility index (Phi) is 2.52. The third-order valence-corrected chi connectivity index (χ3v) is 2.58. The predicted molar refractivity (Wildman–Crippen MR) is 59.7 cm³/mol. The fourth-order valence-electron chi connectivity index (χ4n) is 1.63. The van der Waals surface area contributed by atoms with E-state index < -0.39 is 5.97 Å². The molecule has 84 valence electrons. The molecule has 1 amide bonds. The van der Waals surface area contributed by atoms with E-state index in [9.17, 15) is 9.59 Å². The van der Waals surface area contributed by atoms with E-state index in [4.69, 9.17) is 0 Å². The van der Waals surface area contributed by atoms with Gasteiger partial charge in [0.2, 0.25) is 5.91 Å². The lowest BCUT2D eigenvalue weighted by Crippen LogP contribution is -2.36. The molecule has 0 unspecified atom stereocenters. The molecule has 0 spiro atoms. The Balaban J connectivity index is 2.44. The topological polar surface area (TPSA) is 58.6 Å². The molecule has 1 aliphatic rings. The predicted octanol–water partition coefficient (Wildman–Crippen LogP) is 0.861. The molecule has 0 saturated heterocycles. The second-order valence-electron chi connectivity index (χ2n) is 3.53. The number of rotatable bonds is 1. The number of nitrogens with one attached hydrogen (secondary N) is 1. The molecule has 0 radical (unpaired) electrons. The molecule has 1 aromatic rings. The standard InChI is InChI=1S/C11H12N2O3/c1-13-9-5-7(11(15)16-2)3-4-8(9)12-6-10(13)14/h3-5,12H,6H2,1-2H3. The number of anilines is 2. The number of carbonyl (C=O) groups is 2. The van der Waals surface area contributed by atoms with Gasteiger partial charge in [-0.1, -0.05) is 0 Å². The molecular formula is C11H12N2O3. The van der Waals surface area contributed by atoms with E-state index in [2.05, 4.69) is 10.1 Å². The van der Waals surface area contributed by atoms with Crippen LogP contribution < -0.4 is 10.2 Å². The molecule has 0 saturated carbocycles. The molecule has 1 N–H and O–H groups in total. The van der Waals surface area contributed by atoms with E-state index in [1.165, 1.54) is 12.0 Å². The van der Waals surface area contributed by atoms with Crippen molar-refractivity contribution in [3.63, 3.8) is 0 Å². The van der Waals surface area contributed by atoms with Crippen LogP contribution in [0.2, 0.25) is 0 Å². The maximum absolute atomic E-state index is 11.5. The van der Waals surface area contributed by atoms with Crippen LogP contribution in [0, 0.1) is 0 Å². The van der Waals surface area contributed by atoms with Crippen LogP contribution in [-0.2, 0) is 9.53 Å². The monoisotopic (exact) mass is 220 g/mol. The first-order chi connectivity index (χ1) is 7.63. The Morgan fingerprint density at radius 1 is 1.50 bits per heavy atom. The molecule has 0 bridgehead atoms. The Labute approximate surface area is 93.0 Å². The average molecular weight is 220 g/mol. The summed E-state index contributed by atoms with van der Waals surface area (Å²) in [4.78, 5) is 24.3. The number of hydrogen-bond acceptors (Lipinski definition) is 4. The summed E-state index contributed by atoms with van der Waals surface area (Å²) in [5, 5.41) is 2.98. The second-order valence-corrected chi connectivity index (χ2v) is 3.53. The zero-order valence-electron chi connectivity index (χ0n) is 9.11. The van der Waals surface area contributed by atoms with E-state index in [0.29, 0.717) is 11.3 Å². The number of nitrogens with zero attached hydrogens (tertiary/aromatic N) is 1. The summed E-state index contributed by atoms with van der Waals surface area (Å²) in [7, 11) is 3.01. The van der Waals surface area contributed by atoms with Crippen molar-refractivity contribution in [1.82, 2.24) is 0 Å². The van der Waals surface area contributed by atoms with Crippen LogP contribution in [0.3, 0.4) is 0 Å². The van der Waals surface area contributed by atoms with Crippen molar-refractivity contribution in [3.05, 3.63) is 23.8 Å². The smallest absolute Gasteiger partial charge is 0.337 e. The molecule has 0 aromatic heterocycles. The molecule has 0 fully saturated rings. The summed E-state index contributed by atoms with van der Waals surface area (Å²) in [6.45, 7) is 0.279. The summed E-state index contributed by atoms with van der Waals surface area (Å²) in [5.74, 6) is -0.441. The number of carbonyl (C=O) groups excluding carboxylic acids is 2. The van der Waals surface area contributed by atoms with Gasteiger partial charge in [-0.2, -0.15) is 0 Å². The molecule has 0 aliphatic carbocycles. The van der Waals surface area contributed by atoms with Gasteiger partial charge in [-0.25, -0.2) is 4.79 Å². The number of amides is 1. The molecule has 5 nitrogen and oxygen atoms in total. The molecule has 1 heterocycles. The quantitative estimate of drug-likeness (QED) is 0.713. The number of methoxy groups -OCH3 is 1. The highest BCUT2D eigenvalue weighted by molar-refractivity contribution is 6.04. The van der Waals surface area contributed by atoms with Crippen molar-refractivity contribution < 1.29 is 14.3 Å². The summed E-state index contributed by atoms with van der Waals surface area (Å²) in [6, 6.07) is 5.08. The highest BCUT2D eigenvalue weighted by Crippen LogP contribution is 2.29. The van der Waals surface area contributed by atoms with Crippen molar-refractivity contribution >= 4 is 23.3 Å². The molecule has 5 heteroatoms. The van der Waals surface area contributed by atoms with Crippen LogP contribution in [0.5, 0.6) is 0 Å². The van der Waals surface area contributed by atoms with Gasteiger partial charge in [-0.15, -0.1) is 0 Å². The van der Waals surface area contributed by atoms with E-state index in [1.54, 1.807) is 25.2 Å². The largest absolute Gasteiger partial charge is 0.465 e. The van der Waals surface area contributed by atoms with Crippen LogP contribution in [0.15, 0.2) is 18.2 Å². The first-order valence-corrected chi connectivity index (χ1v) is 4.86. The molecule has 16 heavy (non-hydrogen) atoms. The fraction of sp³-hybridized carbons (Fsp3) is 0.273. The number of esters is 1. The zero-order chi connectivity index (χ0) is 11.7. The number of hydrogen-bond donors (Lipinski definition) is 1. The first-order valence-electron chi connectivity index (χ1n) is 4.86. The van der Waals surface area contributed by atoms with Crippen LogP contribution in [0.25, 0.3) is 0 Å². The van der Waals surface area contributed by atoms with Crippen molar-refractivity contribution in [2.75, 3.05) is 30.9 Å². The molecule has 1 aromatic carbocycles. The highest BCUT2D eigenvalue weighted by Gasteiger charge is 2.21. The summed E-state index contributed by atoms with van der Waals surface area (Å²) in [6.07, 6.45) is 0. The van der Waals surface area contributed by atoms with Crippen molar-refractivity contribution in [1.29, 1.82) is 0 Å². The molecule has 2 rings (SSSR count). The lowest BCUT2D eigenvalue weighted by Gasteiger charge is -2.27. The maximum Gasteiger partial charge on any atom is 0.337 e. The van der Waals surface area contributed by atoms with Gasteiger partial charge in [0, 0.05) is 7.05 Å². The van der Waals surface area contributed by atoms with Gasteiger partial charge >= 0.3 is 5.97 Å². The molecule has 0 atom stereocenters. The summed E-state index contributed by atoms with van der Waals surface area (Å²) in [5.41, 5.74) is 1.97. The van der Waals surface area contributed by atoms with Crippen molar-refractivity contribution in [2.45, 2.75) is 0 Å². The minimum atomic E-state index is -0.408. The van der Waals surface area contributed by atoms with E-state index in [1.807, 2.05) is 0 Å². The average Bonchev–Trinajstić information content (AvgIpc) is 2.32. The van der Waals surface area contributed by atoms with Gasteiger partial charge in [0.25, 0.3) is 0 Å². The van der Waals surface area contributed by atoms with Crippen LogP contribution in [0.1, 0.15) is 10.4 Å². The highest BCUT2D eigenvalue weighted by atomic mass is 16.5. The van der Waals surface area contributed by atoms with Gasteiger partial charge in [0.1, 0.15) is 0 Å². The van der Waals surface area contributed by atoms with Crippen LogP contribution >= 0.6 is 0 Å². The van der Waals surface area contributed by atoms with Crippen LogP contribution in [-0.4, -0.2) is 32.6 Å². The van der Waals surface area contributed by atoms with Crippen molar-refractivity contribution in [2.24, 2.45) is 0 Å². The van der Waals surface area contributed by atoms with E-state index >= 15 is 0 Å². The number of fused-ring (bicyclic) bond motifs is 1. The molecular weight excluding hydrogens is 208 g/mol. The minimum absolute atomic E-state index is 0.0329. The number of likely N-dealkylation sites (N-methyl/N-ethyl adjacent to an activating group) is 1. The number of benzene rings is 1. The summed E-state index contributed by atoms with van der Waals surface area (Å²) >= 11 is 0. The van der Waals surface area contributed by atoms with Crippen molar-refractivity contribution in [3.8, 4) is 0 Å². The van der Waals surface area contributed by atoms with Gasteiger partial charge in [0.15, 0.2) is 0 Å². The SMILES string of the molecule is COC(=O)c1ccc2c(c1)N(C)C(=O)CN2. The normalized spacial score (nSPS) is 14.1. The lowest BCUT2D eigenvalue weighted by atomic mass is 10.1. The Bertz CT molecular complexity index is 457. The molecule has 1 aliphatic heterocycles. The lowest BCUT2D eigenvalue weighted by molar-refractivity contribution is -0.116. The van der Waals surface area contributed by atoms with Gasteiger partial charge in [0.05, 0.1) is 30.6 Å². The minimum Gasteiger partial charge on any atom is -0.465 e. The Hall–Kier alpha value is -2.04. The summed E-state index contributed by atoms with van der Waals surface area (Å²) < 4.78 is 4.63. The second kappa shape index (κ2) is 3.84. The van der Waals surface area contributed by atoms with Gasteiger partial charge in [-0.05, 0) is 18.2 Å². The Morgan fingerprint density at radius 3 is 2.94 bits per heavy atom. The fourth-order valence-corrected chi connectivity index (χ4v) is 1.63.